The fourth-order valence-electron chi connectivity index (χ4n) is 5.73. The Bertz CT molecular complexity index is 593. The van der Waals surface area contributed by atoms with Crippen LogP contribution < -0.4 is 0 Å². The van der Waals surface area contributed by atoms with Gasteiger partial charge in [-0.1, -0.05) is 6.92 Å². The summed E-state index contributed by atoms with van der Waals surface area (Å²) in [5.74, 6) is 0.363. The standard InChI is InChI=1S/C16H31NO9P2/c1-12-10-15(6-2-13(3-7-15)25-27(19,20)21)17(18)16(11-12)8-4-14(5-9-16)26-28(22,23)24/h12-14,18H,2-11H2,1H3,(H2,19,20,21)(H2,22,23,24). The van der Waals surface area contributed by atoms with Crippen molar-refractivity contribution in [2.75, 3.05) is 0 Å². The van der Waals surface area contributed by atoms with Crippen molar-refractivity contribution in [1.29, 1.82) is 0 Å². The van der Waals surface area contributed by atoms with Crippen LogP contribution in [-0.4, -0.2) is 53.1 Å². The highest BCUT2D eigenvalue weighted by Gasteiger charge is 2.55. The lowest BCUT2D eigenvalue weighted by Gasteiger charge is -2.60. The maximum Gasteiger partial charge on any atom is 0.469 e. The predicted molar refractivity (Wildman–Crippen MR) is 98.3 cm³/mol. The fourth-order valence-corrected chi connectivity index (χ4v) is 6.93. The lowest BCUT2D eigenvalue weighted by molar-refractivity contribution is -0.289. The highest BCUT2D eigenvalue weighted by Crippen LogP contribution is 2.54. The molecule has 0 aromatic carbocycles. The Kier molecular flexibility index (Phi) is 6.52. The molecule has 0 radical (unpaired) electrons. The van der Waals surface area contributed by atoms with Crippen molar-refractivity contribution in [1.82, 2.24) is 5.06 Å². The number of rotatable bonds is 4. The van der Waals surface area contributed by atoms with E-state index in [4.69, 9.17) is 28.6 Å². The van der Waals surface area contributed by atoms with Gasteiger partial charge in [0.25, 0.3) is 0 Å². The lowest BCUT2D eigenvalue weighted by Crippen LogP contribution is -2.66. The van der Waals surface area contributed by atoms with E-state index in [1.165, 1.54) is 5.06 Å². The van der Waals surface area contributed by atoms with E-state index < -0.39 is 38.9 Å². The Balaban J connectivity index is 1.68. The number of hydrogen-bond donors (Lipinski definition) is 5. The van der Waals surface area contributed by atoms with Gasteiger partial charge >= 0.3 is 15.6 Å². The molecular weight excluding hydrogens is 412 g/mol. The average molecular weight is 443 g/mol. The van der Waals surface area contributed by atoms with Gasteiger partial charge in [0.15, 0.2) is 0 Å². The zero-order valence-electron chi connectivity index (χ0n) is 16.0. The van der Waals surface area contributed by atoms with Crippen LogP contribution in [0.15, 0.2) is 0 Å². The van der Waals surface area contributed by atoms with E-state index in [0.717, 1.165) is 12.8 Å². The Labute approximate surface area is 164 Å². The van der Waals surface area contributed by atoms with Gasteiger partial charge < -0.3 is 24.8 Å². The van der Waals surface area contributed by atoms with Crippen molar-refractivity contribution in [2.24, 2.45) is 5.92 Å². The van der Waals surface area contributed by atoms with Crippen LogP contribution in [0.5, 0.6) is 0 Å². The third-order valence-electron chi connectivity index (χ3n) is 6.65. The summed E-state index contributed by atoms with van der Waals surface area (Å²) in [5.41, 5.74) is -0.910. The van der Waals surface area contributed by atoms with E-state index in [9.17, 15) is 14.3 Å². The minimum Gasteiger partial charge on any atom is -0.313 e. The largest absolute Gasteiger partial charge is 0.469 e. The van der Waals surface area contributed by atoms with E-state index in [-0.39, 0.29) is 0 Å². The van der Waals surface area contributed by atoms with Crippen LogP contribution in [0.2, 0.25) is 0 Å². The molecule has 0 amide bonds. The number of nitrogens with zero attached hydrogens (tertiary/aromatic N) is 1. The average Bonchev–Trinajstić information content (AvgIpc) is 2.54. The van der Waals surface area contributed by atoms with Gasteiger partial charge in [-0.3, -0.25) is 9.05 Å². The van der Waals surface area contributed by atoms with Gasteiger partial charge in [0.2, 0.25) is 0 Å². The second-order valence-electron chi connectivity index (χ2n) is 8.86. The van der Waals surface area contributed by atoms with Crippen molar-refractivity contribution in [3.05, 3.63) is 0 Å². The molecule has 28 heavy (non-hydrogen) atoms. The molecule has 0 atom stereocenters. The van der Waals surface area contributed by atoms with Crippen molar-refractivity contribution in [3.8, 4) is 0 Å². The van der Waals surface area contributed by atoms with E-state index in [1.54, 1.807) is 0 Å². The third-order valence-corrected chi connectivity index (χ3v) is 7.80. The summed E-state index contributed by atoms with van der Waals surface area (Å²) in [6, 6.07) is 0. The van der Waals surface area contributed by atoms with Crippen LogP contribution in [0.3, 0.4) is 0 Å². The van der Waals surface area contributed by atoms with Gasteiger partial charge in [-0.25, -0.2) is 9.13 Å². The molecule has 1 aliphatic heterocycles. The van der Waals surface area contributed by atoms with Crippen LogP contribution in [0.1, 0.15) is 71.1 Å². The first-order valence-electron chi connectivity index (χ1n) is 9.80. The molecule has 0 aromatic heterocycles. The second-order valence-corrected chi connectivity index (χ2v) is 11.2. The van der Waals surface area contributed by atoms with Gasteiger partial charge in [-0.15, -0.1) is 0 Å². The first kappa shape index (κ1) is 22.8. The van der Waals surface area contributed by atoms with E-state index in [1.807, 2.05) is 0 Å². The molecule has 2 saturated carbocycles. The zero-order chi connectivity index (χ0) is 20.8. The lowest BCUT2D eigenvalue weighted by atomic mass is 9.63. The molecule has 3 aliphatic rings. The van der Waals surface area contributed by atoms with Crippen LogP contribution in [-0.2, 0) is 18.2 Å². The smallest absolute Gasteiger partial charge is 0.313 e. The molecule has 0 aromatic rings. The van der Waals surface area contributed by atoms with E-state index in [0.29, 0.717) is 57.3 Å². The minimum atomic E-state index is -4.52. The quantitative estimate of drug-likeness (QED) is 0.409. The maximum atomic E-state index is 11.3. The van der Waals surface area contributed by atoms with Crippen molar-refractivity contribution in [2.45, 2.75) is 94.4 Å². The monoisotopic (exact) mass is 443 g/mol. The van der Waals surface area contributed by atoms with Crippen LogP contribution >= 0.6 is 15.6 Å². The summed E-state index contributed by atoms with van der Waals surface area (Å²) in [7, 11) is -9.05. The molecule has 0 bridgehead atoms. The maximum absolute atomic E-state index is 11.3. The molecule has 164 valence electrons. The molecule has 1 heterocycles. The van der Waals surface area contributed by atoms with E-state index in [2.05, 4.69) is 6.92 Å². The van der Waals surface area contributed by atoms with Gasteiger partial charge in [-0.2, -0.15) is 5.06 Å². The molecule has 1 saturated heterocycles. The first-order valence-corrected chi connectivity index (χ1v) is 12.9. The van der Waals surface area contributed by atoms with Crippen LogP contribution in [0.25, 0.3) is 0 Å². The van der Waals surface area contributed by atoms with E-state index >= 15 is 0 Å². The van der Waals surface area contributed by atoms with Gasteiger partial charge in [0.05, 0.1) is 12.2 Å². The first-order chi connectivity index (χ1) is 12.8. The summed E-state index contributed by atoms with van der Waals surface area (Å²) >= 11 is 0. The number of piperidine rings is 1. The highest BCUT2D eigenvalue weighted by atomic mass is 31.2. The van der Waals surface area contributed by atoms with Crippen molar-refractivity contribution >= 4 is 15.6 Å². The third kappa shape index (κ3) is 5.24. The molecular formula is C16H31NO9P2. The second kappa shape index (κ2) is 8.00. The number of phosphoric acid groups is 2. The number of hydrogen-bond acceptors (Lipinski definition) is 6. The Hall–Kier alpha value is 0.140. The molecule has 10 nitrogen and oxygen atoms in total. The molecule has 2 spiro atoms. The minimum absolute atomic E-state index is 0.363. The normalized spacial score (nSPS) is 40.9. The Morgan fingerprint density at radius 2 is 1.11 bits per heavy atom. The summed E-state index contributed by atoms with van der Waals surface area (Å²) in [4.78, 5) is 36.1. The summed E-state index contributed by atoms with van der Waals surface area (Å²) < 4.78 is 31.9. The predicted octanol–water partition coefficient (Wildman–Crippen LogP) is 2.69. The molecule has 3 rings (SSSR count). The SMILES string of the molecule is CC1CC2(CCC(OP(=O)(O)O)CC2)N(O)C2(CCC(OP(=O)(O)O)CC2)C1. The van der Waals surface area contributed by atoms with Gasteiger partial charge in [0.1, 0.15) is 0 Å². The Morgan fingerprint density at radius 1 is 0.786 bits per heavy atom. The molecule has 5 N–H and O–H groups in total. The Morgan fingerprint density at radius 3 is 1.39 bits per heavy atom. The fraction of sp³-hybridized carbons (Fsp3) is 1.00. The molecule has 12 heteroatoms. The molecule has 0 unspecified atom stereocenters. The highest BCUT2D eigenvalue weighted by molar-refractivity contribution is 7.46. The van der Waals surface area contributed by atoms with Gasteiger partial charge in [0, 0.05) is 11.1 Å². The molecule has 3 fully saturated rings. The zero-order valence-corrected chi connectivity index (χ0v) is 17.8. The van der Waals surface area contributed by atoms with Crippen molar-refractivity contribution in [3.63, 3.8) is 0 Å². The van der Waals surface area contributed by atoms with Crippen LogP contribution in [0.4, 0.5) is 0 Å². The summed E-state index contributed by atoms with van der Waals surface area (Å²) in [6.45, 7) is 2.15. The van der Waals surface area contributed by atoms with Crippen molar-refractivity contribution < 1.29 is 43.0 Å². The topological polar surface area (TPSA) is 157 Å². The number of hydroxylamine groups is 2. The summed E-state index contributed by atoms with van der Waals surface area (Å²) in [5, 5.41) is 12.7. The van der Waals surface area contributed by atoms with Crippen LogP contribution in [0, 0.1) is 5.92 Å². The summed E-state index contributed by atoms with van der Waals surface area (Å²) in [6.07, 6.45) is 4.79. The van der Waals surface area contributed by atoms with Gasteiger partial charge in [-0.05, 0) is 70.1 Å². The number of phosphoric ester groups is 2. The molecule has 2 aliphatic carbocycles.